The lowest BCUT2D eigenvalue weighted by Gasteiger charge is -2.14. The highest BCUT2D eigenvalue weighted by atomic mass is 16.6. The highest BCUT2D eigenvalue weighted by molar-refractivity contribution is 5.94. The third-order valence-corrected chi connectivity index (χ3v) is 3.51. The smallest absolute Gasteiger partial charge is 0.263 e. The van der Waals surface area contributed by atoms with Crippen molar-refractivity contribution in [1.29, 1.82) is 0 Å². The van der Waals surface area contributed by atoms with E-state index in [0.29, 0.717) is 17.4 Å². The first-order valence-corrected chi connectivity index (χ1v) is 7.13. The van der Waals surface area contributed by atoms with Gasteiger partial charge < -0.3 is 4.57 Å². The summed E-state index contributed by atoms with van der Waals surface area (Å²) in [4.78, 5) is 29.5. The molecule has 0 atom stereocenters. The molecule has 22 heavy (non-hydrogen) atoms. The van der Waals surface area contributed by atoms with Gasteiger partial charge in [0, 0.05) is 10.8 Å². The average Bonchev–Trinajstić information content (AvgIpc) is 2.57. The molecule has 0 aliphatic rings. The molecule has 0 aliphatic heterocycles. The van der Waals surface area contributed by atoms with Gasteiger partial charge in [0.15, 0.2) is 5.43 Å². The molecule has 5 nitrogen and oxygen atoms in total. The fourth-order valence-corrected chi connectivity index (χ4v) is 2.58. The summed E-state index contributed by atoms with van der Waals surface area (Å²) in [7, 11) is 0. The molecule has 2 aromatic carbocycles. The number of fused-ring (bicyclic) bond motifs is 2. The lowest BCUT2D eigenvalue weighted by molar-refractivity contribution is -0.133. The number of nitrogens with one attached hydrogen (secondary N) is 1. The molecule has 1 N–H and O–H groups in total. The molecule has 0 saturated carbocycles. The largest absolute Gasteiger partial charge is 0.331 e. The summed E-state index contributed by atoms with van der Waals surface area (Å²) in [5.41, 5.74) is 3.83. The lowest BCUT2D eigenvalue weighted by Crippen LogP contribution is -2.28. The van der Waals surface area contributed by atoms with Crippen molar-refractivity contribution in [2.24, 2.45) is 0 Å². The quantitative estimate of drug-likeness (QED) is 0.593. The minimum absolute atomic E-state index is 0.0207. The monoisotopic (exact) mass is 296 g/mol. The zero-order valence-electron chi connectivity index (χ0n) is 12.2. The molecule has 0 radical (unpaired) electrons. The first-order chi connectivity index (χ1) is 10.7. The van der Waals surface area contributed by atoms with Crippen LogP contribution in [0.4, 0.5) is 0 Å². The van der Waals surface area contributed by atoms with Crippen molar-refractivity contribution in [2.75, 3.05) is 6.61 Å². The average molecular weight is 296 g/mol. The summed E-state index contributed by atoms with van der Waals surface area (Å²) >= 11 is 0. The zero-order chi connectivity index (χ0) is 15.5. The standard InChI is InChI=1S/C17H16N2O3/c1-2-22-18-16(20)11-19-14-9-5-3-7-12(14)17(21)13-8-4-6-10-15(13)19/h3-10H,2,11H2,1H3,(H,18,20). The number of para-hydroxylation sites is 2. The number of benzene rings is 2. The Labute approximate surface area is 127 Å². The third kappa shape index (κ3) is 2.46. The summed E-state index contributed by atoms with van der Waals surface area (Å²) < 4.78 is 1.83. The van der Waals surface area contributed by atoms with Crippen LogP contribution >= 0.6 is 0 Å². The van der Waals surface area contributed by atoms with E-state index in [2.05, 4.69) is 5.48 Å². The molecule has 3 rings (SSSR count). The normalized spacial score (nSPS) is 11.0. The number of hydroxylamine groups is 1. The van der Waals surface area contributed by atoms with Crippen molar-refractivity contribution in [3.8, 4) is 0 Å². The maximum absolute atomic E-state index is 12.6. The summed E-state index contributed by atoms with van der Waals surface area (Å²) in [6.07, 6.45) is 0. The van der Waals surface area contributed by atoms with Crippen LogP contribution in [0.25, 0.3) is 21.8 Å². The summed E-state index contributed by atoms with van der Waals surface area (Å²) in [6.45, 7) is 2.28. The first-order valence-electron chi connectivity index (χ1n) is 7.13. The SMILES string of the molecule is CCONC(=O)Cn1c2ccccc2c(=O)c2ccccc21. The number of carbonyl (C=O) groups is 1. The van der Waals surface area contributed by atoms with Crippen LogP contribution in [0, 0.1) is 0 Å². The second kappa shape index (κ2) is 5.99. The third-order valence-electron chi connectivity index (χ3n) is 3.51. The second-order valence-corrected chi connectivity index (χ2v) is 4.91. The number of hydrogen-bond acceptors (Lipinski definition) is 3. The van der Waals surface area contributed by atoms with Crippen LogP contribution in [-0.4, -0.2) is 17.1 Å². The Bertz CT molecular complexity index is 839. The molecule has 112 valence electrons. The highest BCUT2D eigenvalue weighted by Gasteiger charge is 2.12. The van der Waals surface area contributed by atoms with Crippen molar-refractivity contribution >= 4 is 27.7 Å². The van der Waals surface area contributed by atoms with Crippen molar-refractivity contribution < 1.29 is 9.63 Å². The molecule has 1 heterocycles. The van der Waals surface area contributed by atoms with Crippen LogP contribution < -0.4 is 10.9 Å². The number of nitrogens with zero attached hydrogens (tertiary/aromatic N) is 1. The van der Waals surface area contributed by atoms with Gasteiger partial charge in [0.2, 0.25) is 0 Å². The molecule has 1 amide bonds. The van der Waals surface area contributed by atoms with Gasteiger partial charge in [-0.05, 0) is 31.2 Å². The van der Waals surface area contributed by atoms with Crippen LogP contribution in [-0.2, 0) is 16.2 Å². The van der Waals surface area contributed by atoms with E-state index in [9.17, 15) is 9.59 Å². The topological polar surface area (TPSA) is 60.3 Å². The fourth-order valence-electron chi connectivity index (χ4n) is 2.58. The Morgan fingerprint density at radius 3 is 2.14 bits per heavy atom. The Morgan fingerprint density at radius 1 is 1.05 bits per heavy atom. The van der Waals surface area contributed by atoms with E-state index in [4.69, 9.17) is 4.84 Å². The second-order valence-electron chi connectivity index (χ2n) is 4.91. The summed E-state index contributed by atoms with van der Waals surface area (Å²) in [6, 6.07) is 14.6. The van der Waals surface area contributed by atoms with E-state index in [0.717, 1.165) is 11.0 Å². The van der Waals surface area contributed by atoms with Gasteiger partial charge in [-0.25, -0.2) is 5.48 Å². The Morgan fingerprint density at radius 2 is 1.59 bits per heavy atom. The Balaban J connectivity index is 2.23. The molecular formula is C17H16N2O3. The predicted molar refractivity (Wildman–Crippen MR) is 85.5 cm³/mol. The maximum Gasteiger partial charge on any atom is 0.263 e. The van der Waals surface area contributed by atoms with Crippen LogP contribution in [0.3, 0.4) is 0 Å². The van der Waals surface area contributed by atoms with E-state index in [-0.39, 0.29) is 17.9 Å². The Hall–Kier alpha value is -2.66. The van der Waals surface area contributed by atoms with Gasteiger partial charge in [0.05, 0.1) is 17.6 Å². The number of hydrogen-bond donors (Lipinski definition) is 1. The molecule has 1 aromatic heterocycles. The molecule has 0 fully saturated rings. The van der Waals surface area contributed by atoms with Crippen LogP contribution in [0.1, 0.15) is 6.92 Å². The molecule has 0 bridgehead atoms. The van der Waals surface area contributed by atoms with Gasteiger partial charge in [-0.2, -0.15) is 0 Å². The summed E-state index contributed by atoms with van der Waals surface area (Å²) in [5.74, 6) is -0.263. The van der Waals surface area contributed by atoms with Gasteiger partial charge in [0.1, 0.15) is 6.54 Å². The number of pyridine rings is 1. The first kappa shape index (κ1) is 14.3. The minimum Gasteiger partial charge on any atom is -0.331 e. The fraction of sp³-hybridized carbons (Fsp3) is 0.176. The van der Waals surface area contributed by atoms with E-state index < -0.39 is 0 Å². The van der Waals surface area contributed by atoms with E-state index in [1.54, 1.807) is 19.1 Å². The molecule has 5 heteroatoms. The van der Waals surface area contributed by atoms with Crippen LogP contribution in [0.15, 0.2) is 53.3 Å². The van der Waals surface area contributed by atoms with Crippen molar-refractivity contribution in [2.45, 2.75) is 13.5 Å². The number of rotatable bonds is 4. The van der Waals surface area contributed by atoms with Crippen molar-refractivity contribution in [1.82, 2.24) is 10.0 Å². The van der Waals surface area contributed by atoms with Gasteiger partial charge in [0.25, 0.3) is 5.91 Å². The minimum atomic E-state index is -0.263. The van der Waals surface area contributed by atoms with Crippen LogP contribution in [0.2, 0.25) is 0 Å². The number of aromatic nitrogens is 1. The van der Waals surface area contributed by atoms with Crippen LogP contribution in [0.5, 0.6) is 0 Å². The van der Waals surface area contributed by atoms with E-state index in [1.807, 2.05) is 41.0 Å². The lowest BCUT2D eigenvalue weighted by atomic mass is 10.1. The van der Waals surface area contributed by atoms with Gasteiger partial charge >= 0.3 is 0 Å². The van der Waals surface area contributed by atoms with E-state index in [1.165, 1.54) is 0 Å². The highest BCUT2D eigenvalue weighted by Crippen LogP contribution is 2.18. The zero-order valence-corrected chi connectivity index (χ0v) is 12.2. The molecule has 0 unspecified atom stereocenters. The molecular weight excluding hydrogens is 280 g/mol. The molecule has 3 aromatic rings. The Kier molecular flexibility index (Phi) is 3.89. The summed E-state index contributed by atoms with van der Waals surface area (Å²) in [5, 5.41) is 1.20. The van der Waals surface area contributed by atoms with Gasteiger partial charge in [-0.1, -0.05) is 24.3 Å². The van der Waals surface area contributed by atoms with Crippen molar-refractivity contribution in [3.05, 3.63) is 58.8 Å². The number of amides is 1. The van der Waals surface area contributed by atoms with Gasteiger partial charge in [-0.3, -0.25) is 14.4 Å². The maximum atomic E-state index is 12.6. The van der Waals surface area contributed by atoms with Gasteiger partial charge in [-0.15, -0.1) is 0 Å². The van der Waals surface area contributed by atoms with Crippen molar-refractivity contribution in [3.63, 3.8) is 0 Å². The van der Waals surface area contributed by atoms with E-state index >= 15 is 0 Å². The molecule has 0 aliphatic carbocycles. The molecule has 0 saturated heterocycles. The molecule has 0 spiro atoms. The predicted octanol–water partition coefficient (Wildman–Crippen LogP) is 2.22. The number of carbonyl (C=O) groups excluding carboxylic acids is 1.